The van der Waals surface area contributed by atoms with Crippen LogP contribution in [0.3, 0.4) is 0 Å². The van der Waals surface area contributed by atoms with E-state index < -0.39 is 16.0 Å². The van der Waals surface area contributed by atoms with Crippen LogP contribution in [-0.4, -0.2) is 37.3 Å². The minimum Gasteiger partial charge on any atom is -0.462 e. The van der Waals surface area contributed by atoms with E-state index in [2.05, 4.69) is 4.98 Å². The van der Waals surface area contributed by atoms with Crippen molar-refractivity contribution in [1.82, 2.24) is 9.29 Å². The molecular weight excluding hydrogens is 348 g/mol. The molecule has 0 unspecified atom stereocenters. The molecule has 8 heteroatoms. The molecule has 0 aliphatic carbocycles. The Morgan fingerprint density at radius 2 is 2.08 bits per heavy atom. The standard InChI is InChI=1S/C16H20N2O4S2/c1-4-15-17-13(11-23-15)10-18(3)24(20,21)14-8-6-7-12(9-14)16(19)22-5-2/h6-9,11H,4-5,10H2,1-3H3. The number of sulfonamides is 1. The van der Waals surface area contributed by atoms with E-state index in [1.54, 1.807) is 6.92 Å². The van der Waals surface area contributed by atoms with Gasteiger partial charge in [-0.3, -0.25) is 0 Å². The number of nitrogens with zero attached hydrogens (tertiary/aromatic N) is 2. The van der Waals surface area contributed by atoms with Crippen molar-refractivity contribution in [3.05, 3.63) is 45.9 Å². The predicted molar refractivity (Wildman–Crippen MR) is 92.5 cm³/mol. The van der Waals surface area contributed by atoms with Gasteiger partial charge in [0.25, 0.3) is 0 Å². The van der Waals surface area contributed by atoms with Crippen molar-refractivity contribution in [2.75, 3.05) is 13.7 Å². The maximum Gasteiger partial charge on any atom is 0.338 e. The third kappa shape index (κ3) is 4.19. The van der Waals surface area contributed by atoms with Gasteiger partial charge in [-0.1, -0.05) is 13.0 Å². The van der Waals surface area contributed by atoms with Gasteiger partial charge in [-0.15, -0.1) is 11.3 Å². The van der Waals surface area contributed by atoms with Crippen LogP contribution in [0.5, 0.6) is 0 Å². The van der Waals surface area contributed by atoms with Gasteiger partial charge in [-0.25, -0.2) is 18.2 Å². The maximum atomic E-state index is 12.7. The zero-order chi connectivity index (χ0) is 17.7. The number of hydrogen-bond acceptors (Lipinski definition) is 6. The van der Waals surface area contributed by atoms with Gasteiger partial charge in [-0.05, 0) is 31.5 Å². The highest BCUT2D eigenvalue weighted by Gasteiger charge is 2.23. The van der Waals surface area contributed by atoms with E-state index in [9.17, 15) is 13.2 Å². The number of rotatable bonds is 7. The van der Waals surface area contributed by atoms with E-state index in [1.165, 1.54) is 47.0 Å². The zero-order valence-corrected chi connectivity index (χ0v) is 15.5. The SMILES string of the molecule is CCOC(=O)c1cccc(S(=O)(=O)N(C)Cc2csc(CC)n2)c1. The van der Waals surface area contributed by atoms with Gasteiger partial charge in [0, 0.05) is 12.4 Å². The lowest BCUT2D eigenvalue weighted by Gasteiger charge is -2.16. The lowest BCUT2D eigenvalue weighted by Crippen LogP contribution is -2.27. The molecule has 6 nitrogen and oxygen atoms in total. The fourth-order valence-corrected chi connectivity index (χ4v) is 4.00. The van der Waals surface area contributed by atoms with Gasteiger partial charge in [0.15, 0.2) is 0 Å². The van der Waals surface area contributed by atoms with Crippen LogP contribution in [-0.2, 0) is 27.7 Å². The van der Waals surface area contributed by atoms with Gasteiger partial charge in [0.1, 0.15) is 0 Å². The smallest absolute Gasteiger partial charge is 0.338 e. The minimum absolute atomic E-state index is 0.0569. The largest absolute Gasteiger partial charge is 0.462 e. The van der Waals surface area contributed by atoms with Crippen LogP contribution >= 0.6 is 11.3 Å². The predicted octanol–water partition coefficient (Wildman–Crippen LogP) is 2.70. The molecule has 0 radical (unpaired) electrons. The summed E-state index contributed by atoms with van der Waals surface area (Å²) in [5, 5.41) is 2.83. The minimum atomic E-state index is -3.72. The molecule has 0 bridgehead atoms. The fraction of sp³-hybridized carbons (Fsp3) is 0.375. The summed E-state index contributed by atoms with van der Waals surface area (Å²) in [6, 6.07) is 5.87. The molecule has 2 rings (SSSR count). The third-order valence-corrected chi connectivity index (χ3v) is 6.18. The normalized spacial score (nSPS) is 11.7. The van der Waals surface area contributed by atoms with Gasteiger partial charge >= 0.3 is 5.97 Å². The molecule has 1 heterocycles. The highest BCUT2D eigenvalue weighted by atomic mass is 32.2. The highest BCUT2D eigenvalue weighted by molar-refractivity contribution is 7.89. The number of benzene rings is 1. The number of ether oxygens (including phenoxy) is 1. The van der Waals surface area contributed by atoms with E-state index in [1.807, 2.05) is 12.3 Å². The maximum absolute atomic E-state index is 12.7. The van der Waals surface area contributed by atoms with E-state index >= 15 is 0 Å². The summed E-state index contributed by atoms with van der Waals surface area (Å²) in [5.41, 5.74) is 0.928. The van der Waals surface area contributed by atoms with Gasteiger partial charge in [-0.2, -0.15) is 4.31 Å². The quantitative estimate of drug-likeness (QED) is 0.702. The van der Waals surface area contributed by atoms with Crippen LogP contribution in [0.15, 0.2) is 34.5 Å². The zero-order valence-electron chi connectivity index (χ0n) is 13.9. The van der Waals surface area contributed by atoms with Crippen molar-refractivity contribution in [2.24, 2.45) is 0 Å². The third-order valence-electron chi connectivity index (χ3n) is 3.34. The fourth-order valence-electron chi connectivity index (χ4n) is 2.07. The van der Waals surface area contributed by atoms with E-state index in [-0.39, 0.29) is 23.6 Å². The second-order valence-electron chi connectivity index (χ2n) is 5.10. The van der Waals surface area contributed by atoms with Crippen LogP contribution in [0.25, 0.3) is 0 Å². The molecule has 130 valence electrons. The second kappa shape index (κ2) is 7.87. The average Bonchev–Trinajstić information content (AvgIpc) is 3.02. The molecule has 0 saturated carbocycles. The van der Waals surface area contributed by atoms with Crippen LogP contribution in [0.4, 0.5) is 0 Å². The Morgan fingerprint density at radius 1 is 1.33 bits per heavy atom. The van der Waals surface area contributed by atoms with E-state index in [0.29, 0.717) is 5.69 Å². The summed E-state index contributed by atoms with van der Waals surface area (Å²) >= 11 is 1.52. The van der Waals surface area contributed by atoms with Gasteiger partial charge in [0.2, 0.25) is 10.0 Å². The monoisotopic (exact) mass is 368 g/mol. The molecule has 1 aromatic carbocycles. The Bertz CT molecular complexity index is 815. The number of aromatic nitrogens is 1. The lowest BCUT2D eigenvalue weighted by molar-refractivity contribution is 0.0526. The topological polar surface area (TPSA) is 76.6 Å². The molecule has 24 heavy (non-hydrogen) atoms. The Morgan fingerprint density at radius 3 is 2.71 bits per heavy atom. The molecule has 0 fully saturated rings. The van der Waals surface area contributed by atoms with Crippen LogP contribution in [0, 0.1) is 0 Å². The first kappa shape index (κ1) is 18.6. The summed E-state index contributed by atoms with van der Waals surface area (Å²) in [7, 11) is -2.22. The molecular formula is C16H20N2O4S2. The van der Waals surface area contributed by atoms with Crippen molar-refractivity contribution < 1.29 is 17.9 Å². The lowest BCUT2D eigenvalue weighted by atomic mass is 10.2. The molecule has 1 aromatic heterocycles. The van der Waals surface area contributed by atoms with Crippen molar-refractivity contribution in [1.29, 1.82) is 0 Å². The molecule has 0 atom stereocenters. The molecule has 0 aliphatic heterocycles. The Hall–Kier alpha value is -1.77. The molecule has 0 N–H and O–H groups in total. The van der Waals surface area contributed by atoms with E-state index in [0.717, 1.165) is 11.4 Å². The summed E-state index contributed by atoms with van der Waals surface area (Å²) < 4.78 is 31.5. The summed E-state index contributed by atoms with van der Waals surface area (Å²) in [4.78, 5) is 16.2. The molecule has 2 aromatic rings. The number of hydrogen-bond donors (Lipinski definition) is 0. The van der Waals surface area contributed by atoms with Crippen LogP contribution < -0.4 is 0 Å². The van der Waals surface area contributed by atoms with Crippen LogP contribution in [0.2, 0.25) is 0 Å². The molecule has 0 aliphatic rings. The average molecular weight is 368 g/mol. The number of aryl methyl sites for hydroxylation is 1. The first-order valence-corrected chi connectivity index (χ1v) is 9.87. The van der Waals surface area contributed by atoms with Crippen molar-refractivity contribution >= 4 is 27.3 Å². The number of carbonyl (C=O) groups excluding carboxylic acids is 1. The van der Waals surface area contributed by atoms with Crippen molar-refractivity contribution in [3.8, 4) is 0 Å². The molecule has 0 amide bonds. The first-order chi connectivity index (χ1) is 11.4. The Balaban J connectivity index is 2.22. The Kier molecular flexibility index (Phi) is 6.09. The van der Waals surface area contributed by atoms with E-state index in [4.69, 9.17) is 4.74 Å². The van der Waals surface area contributed by atoms with Gasteiger partial charge in [0.05, 0.1) is 34.3 Å². The van der Waals surface area contributed by atoms with Crippen LogP contribution in [0.1, 0.15) is 34.9 Å². The van der Waals surface area contributed by atoms with Gasteiger partial charge < -0.3 is 4.74 Å². The van der Waals surface area contributed by atoms with Crippen molar-refractivity contribution in [3.63, 3.8) is 0 Å². The number of thiazole rings is 1. The first-order valence-electron chi connectivity index (χ1n) is 7.55. The number of carbonyl (C=O) groups is 1. The highest BCUT2D eigenvalue weighted by Crippen LogP contribution is 2.19. The Labute approximate surface area is 146 Å². The van der Waals surface area contributed by atoms with Crippen molar-refractivity contribution in [2.45, 2.75) is 31.7 Å². The second-order valence-corrected chi connectivity index (χ2v) is 8.08. The molecule has 0 spiro atoms. The molecule has 0 saturated heterocycles. The summed E-state index contributed by atoms with van der Waals surface area (Å²) in [6.07, 6.45) is 0.822. The summed E-state index contributed by atoms with van der Waals surface area (Å²) in [6.45, 7) is 4.12. The summed E-state index contributed by atoms with van der Waals surface area (Å²) in [5.74, 6) is -0.538. The number of esters is 1.